The van der Waals surface area contributed by atoms with Crippen LogP contribution in [-0.2, 0) is 13.1 Å². The lowest BCUT2D eigenvalue weighted by Crippen LogP contribution is -2.07. The molecular formula is C22H22N4. The molecule has 0 bridgehead atoms. The molecule has 0 aliphatic carbocycles. The zero-order chi connectivity index (χ0) is 18.1. The molecule has 1 aliphatic heterocycles. The van der Waals surface area contributed by atoms with Crippen molar-refractivity contribution in [3.05, 3.63) is 77.0 Å². The quantitative estimate of drug-likeness (QED) is 0.673. The number of hydrogen-bond acceptors (Lipinski definition) is 4. The molecule has 1 aliphatic rings. The van der Waals surface area contributed by atoms with Gasteiger partial charge >= 0.3 is 0 Å². The highest BCUT2D eigenvalue weighted by Gasteiger charge is 2.19. The van der Waals surface area contributed by atoms with Crippen LogP contribution in [0, 0.1) is 12.3 Å². The lowest BCUT2D eigenvalue weighted by atomic mass is 9.95. The Morgan fingerprint density at radius 1 is 1.08 bits per heavy atom. The first-order valence-corrected chi connectivity index (χ1v) is 8.79. The van der Waals surface area contributed by atoms with E-state index in [1.54, 1.807) is 0 Å². The van der Waals surface area contributed by atoms with Gasteiger partial charge in [-0.05, 0) is 54.4 Å². The number of anilines is 2. The van der Waals surface area contributed by atoms with Gasteiger partial charge in [0, 0.05) is 36.2 Å². The first-order valence-electron chi connectivity index (χ1n) is 8.79. The minimum absolute atomic E-state index is 0.795. The number of nitrogens with one attached hydrogen (secondary N) is 2. The highest BCUT2D eigenvalue weighted by atomic mass is 15.1. The topological polar surface area (TPSA) is 52.0 Å². The van der Waals surface area contributed by atoms with E-state index >= 15 is 0 Å². The van der Waals surface area contributed by atoms with Crippen LogP contribution in [0.2, 0.25) is 0 Å². The molecule has 0 radical (unpaired) electrons. The van der Waals surface area contributed by atoms with Gasteiger partial charge in [0.1, 0.15) is 5.82 Å². The second-order valence-corrected chi connectivity index (χ2v) is 6.85. The molecule has 130 valence electrons. The molecular weight excluding hydrogens is 320 g/mol. The Hall–Kier alpha value is -2.98. The molecule has 1 aromatic heterocycles. The summed E-state index contributed by atoms with van der Waals surface area (Å²) in [7, 11) is 2.15. The van der Waals surface area contributed by atoms with Gasteiger partial charge in [0.05, 0.1) is 0 Å². The van der Waals surface area contributed by atoms with Gasteiger partial charge in [-0.2, -0.15) is 0 Å². The molecule has 4 rings (SSSR count). The average molecular weight is 342 g/mol. The molecule has 2 heterocycles. The van der Waals surface area contributed by atoms with E-state index in [2.05, 4.69) is 52.6 Å². The van der Waals surface area contributed by atoms with Crippen LogP contribution in [0.1, 0.15) is 22.4 Å². The van der Waals surface area contributed by atoms with E-state index in [1.165, 1.54) is 22.9 Å². The van der Waals surface area contributed by atoms with E-state index in [9.17, 15) is 0 Å². The standard InChI is InChI=1S/C22H22N4/c1-15-5-3-8-22(24-15)25-21-11-16(9-10-17(21)12-23)19-7-4-6-18-13-26(2)14-20(18)19/h3-12,23H,13-14H2,1-2H3,(H,24,25). The Morgan fingerprint density at radius 2 is 1.92 bits per heavy atom. The van der Waals surface area contributed by atoms with Gasteiger partial charge in [-0.3, -0.25) is 4.90 Å². The van der Waals surface area contributed by atoms with Gasteiger partial charge < -0.3 is 10.7 Å². The molecule has 26 heavy (non-hydrogen) atoms. The number of nitrogens with zero attached hydrogens (tertiary/aromatic N) is 2. The van der Waals surface area contributed by atoms with E-state index in [-0.39, 0.29) is 0 Å². The monoisotopic (exact) mass is 342 g/mol. The number of benzene rings is 2. The molecule has 3 aromatic rings. The van der Waals surface area contributed by atoms with Gasteiger partial charge in [-0.1, -0.05) is 36.4 Å². The molecule has 2 N–H and O–H groups in total. The van der Waals surface area contributed by atoms with E-state index in [4.69, 9.17) is 5.41 Å². The molecule has 0 unspecified atom stereocenters. The summed E-state index contributed by atoms with van der Waals surface area (Å²) in [5, 5.41) is 11.1. The molecule has 2 aromatic carbocycles. The number of aryl methyl sites for hydroxylation is 1. The van der Waals surface area contributed by atoms with Crippen molar-refractivity contribution in [2.24, 2.45) is 0 Å². The maximum atomic E-state index is 7.72. The van der Waals surface area contributed by atoms with Crippen LogP contribution in [-0.4, -0.2) is 23.1 Å². The fourth-order valence-electron chi connectivity index (χ4n) is 3.57. The van der Waals surface area contributed by atoms with Gasteiger partial charge in [0.25, 0.3) is 0 Å². The van der Waals surface area contributed by atoms with Crippen LogP contribution in [0.3, 0.4) is 0 Å². The van der Waals surface area contributed by atoms with Crippen molar-refractivity contribution in [2.75, 3.05) is 12.4 Å². The maximum Gasteiger partial charge on any atom is 0.130 e. The van der Waals surface area contributed by atoms with E-state index < -0.39 is 0 Å². The summed E-state index contributed by atoms with van der Waals surface area (Å²) in [5.41, 5.74) is 7.95. The smallest absolute Gasteiger partial charge is 0.130 e. The predicted molar refractivity (Wildman–Crippen MR) is 107 cm³/mol. The third-order valence-corrected chi connectivity index (χ3v) is 4.81. The van der Waals surface area contributed by atoms with Crippen LogP contribution in [0.25, 0.3) is 11.1 Å². The molecule has 0 atom stereocenters. The minimum atomic E-state index is 0.795. The molecule has 0 saturated carbocycles. The normalized spacial score (nSPS) is 13.5. The zero-order valence-electron chi connectivity index (χ0n) is 15.1. The van der Waals surface area contributed by atoms with Crippen molar-refractivity contribution in [1.82, 2.24) is 9.88 Å². The van der Waals surface area contributed by atoms with Gasteiger partial charge in [0.2, 0.25) is 0 Å². The van der Waals surface area contributed by atoms with Gasteiger partial charge in [0.15, 0.2) is 0 Å². The summed E-state index contributed by atoms with van der Waals surface area (Å²) in [4.78, 5) is 6.85. The fraction of sp³-hybridized carbons (Fsp3) is 0.182. The van der Waals surface area contributed by atoms with Crippen LogP contribution in [0.5, 0.6) is 0 Å². The summed E-state index contributed by atoms with van der Waals surface area (Å²) in [6, 6.07) is 18.7. The largest absolute Gasteiger partial charge is 0.340 e. The first-order chi connectivity index (χ1) is 12.6. The lowest BCUT2D eigenvalue weighted by molar-refractivity contribution is 0.353. The summed E-state index contributed by atoms with van der Waals surface area (Å²) >= 11 is 0. The zero-order valence-corrected chi connectivity index (χ0v) is 15.1. The number of hydrogen-bond donors (Lipinski definition) is 2. The Labute approximate surface area is 154 Å². The summed E-state index contributed by atoms with van der Waals surface area (Å²) < 4.78 is 0. The summed E-state index contributed by atoms with van der Waals surface area (Å²) in [6.45, 7) is 3.95. The molecule has 0 fully saturated rings. The lowest BCUT2D eigenvalue weighted by Gasteiger charge is -2.14. The second-order valence-electron chi connectivity index (χ2n) is 6.85. The Morgan fingerprint density at radius 3 is 2.73 bits per heavy atom. The fourth-order valence-corrected chi connectivity index (χ4v) is 3.57. The maximum absolute atomic E-state index is 7.72. The highest BCUT2D eigenvalue weighted by molar-refractivity contribution is 5.89. The first kappa shape index (κ1) is 16.5. The third kappa shape index (κ3) is 3.11. The Balaban J connectivity index is 1.76. The number of rotatable bonds is 4. The molecule has 0 spiro atoms. The van der Waals surface area contributed by atoms with E-state index in [1.807, 2.05) is 31.2 Å². The van der Waals surface area contributed by atoms with Crippen molar-refractivity contribution >= 4 is 17.7 Å². The van der Waals surface area contributed by atoms with Gasteiger partial charge in [-0.15, -0.1) is 0 Å². The Bertz CT molecular complexity index is 978. The molecule has 4 nitrogen and oxygen atoms in total. The van der Waals surface area contributed by atoms with Crippen molar-refractivity contribution in [2.45, 2.75) is 20.0 Å². The number of aromatic nitrogens is 1. The van der Waals surface area contributed by atoms with Crippen molar-refractivity contribution in [1.29, 1.82) is 5.41 Å². The van der Waals surface area contributed by atoms with Crippen LogP contribution < -0.4 is 5.32 Å². The predicted octanol–water partition coefficient (Wildman–Crippen LogP) is 4.74. The van der Waals surface area contributed by atoms with Crippen molar-refractivity contribution in [3.63, 3.8) is 0 Å². The summed E-state index contributed by atoms with van der Waals surface area (Å²) in [5.74, 6) is 0.795. The van der Waals surface area contributed by atoms with Crippen LogP contribution in [0.15, 0.2) is 54.6 Å². The average Bonchev–Trinajstić information content (AvgIpc) is 3.02. The minimum Gasteiger partial charge on any atom is -0.340 e. The Kier molecular flexibility index (Phi) is 4.27. The highest BCUT2D eigenvalue weighted by Crippen LogP contribution is 2.34. The van der Waals surface area contributed by atoms with Crippen molar-refractivity contribution in [3.8, 4) is 11.1 Å². The van der Waals surface area contributed by atoms with Crippen LogP contribution in [0.4, 0.5) is 11.5 Å². The van der Waals surface area contributed by atoms with Crippen molar-refractivity contribution < 1.29 is 0 Å². The summed E-state index contributed by atoms with van der Waals surface area (Å²) in [6.07, 6.45) is 1.38. The van der Waals surface area contributed by atoms with Crippen LogP contribution >= 0.6 is 0 Å². The third-order valence-electron chi connectivity index (χ3n) is 4.81. The molecule has 4 heteroatoms. The molecule has 0 amide bonds. The second kappa shape index (κ2) is 6.73. The van der Waals surface area contributed by atoms with E-state index in [0.717, 1.165) is 41.4 Å². The molecule has 0 saturated heterocycles. The van der Waals surface area contributed by atoms with Gasteiger partial charge in [-0.25, -0.2) is 4.98 Å². The number of pyridine rings is 1. The van der Waals surface area contributed by atoms with E-state index in [0.29, 0.717) is 0 Å². The number of fused-ring (bicyclic) bond motifs is 1. The SMILES string of the molecule is Cc1cccc(Nc2cc(-c3cccc4c3CN(C)C4)ccc2C=N)n1.